The van der Waals surface area contributed by atoms with Gasteiger partial charge in [0.25, 0.3) is 0 Å². The van der Waals surface area contributed by atoms with E-state index in [-0.39, 0.29) is 19.1 Å². The predicted octanol–water partition coefficient (Wildman–Crippen LogP) is 1.46. The molecule has 0 radical (unpaired) electrons. The summed E-state index contributed by atoms with van der Waals surface area (Å²) in [5.41, 5.74) is 6.69. The quantitative estimate of drug-likeness (QED) is 0.828. The summed E-state index contributed by atoms with van der Waals surface area (Å²) >= 11 is 3.33. The largest absolute Gasteiger partial charge is 0.467 e. The molecular weight excluding hydrogens is 262 g/mol. The third-order valence-corrected chi connectivity index (χ3v) is 2.89. The Morgan fingerprint density at radius 2 is 2.33 bits per heavy atom. The third kappa shape index (κ3) is 1.90. The van der Waals surface area contributed by atoms with E-state index in [0.29, 0.717) is 17.9 Å². The molecule has 0 fully saturated rings. The second kappa shape index (κ2) is 4.30. The molecule has 0 aliphatic carbocycles. The van der Waals surface area contributed by atoms with Crippen LogP contribution in [0.15, 0.2) is 16.6 Å². The molecule has 4 nitrogen and oxygen atoms in total. The smallest absolute Gasteiger partial charge is 0.189 e. The Balaban J connectivity index is 2.55. The number of hydrogen-bond acceptors (Lipinski definition) is 4. The highest BCUT2D eigenvalue weighted by molar-refractivity contribution is 9.10. The number of benzene rings is 1. The van der Waals surface area contributed by atoms with Gasteiger partial charge in [0.2, 0.25) is 0 Å². The zero-order chi connectivity index (χ0) is 10.8. The summed E-state index contributed by atoms with van der Waals surface area (Å²) in [5.74, 6) is 0.578. The second-order valence-electron chi connectivity index (χ2n) is 3.14. The number of carbonyl (C=O) groups is 1. The zero-order valence-corrected chi connectivity index (χ0v) is 9.54. The molecule has 80 valence electrons. The summed E-state index contributed by atoms with van der Waals surface area (Å²) < 4.78 is 11.2. The molecule has 5 heteroatoms. The molecule has 1 aliphatic rings. The van der Waals surface area contributed by atoms with Crippen LogP contribution in [0, 0.1) is 0 Å². The number of carbonyl (C=O) groups excluding carboxylic acids is 1. The minimum atomic E-state index is -0.118. The van der Waals surface area contributed by atoms with Gasteiger partial charge in [0.1, 0.15) is 5.75 Å². The van der Waals surface area contributed by atoms with Crippen LogP contribution in [0.5, 0.6) is 5.75 Å². The summed E-state index contributed by atoms with van der Waals surface area (Å²) in [7, 11) is 0. The molecule has 0 atom stereocenters. The minimum absolute atomic E-state index is 0.0188. The Hall–Kier alpha value is -0.910. The van der Waals surface area contributed by atoms with Crippen molar-refractivity contribution < 1.29 is 14.3 Å². The van der Waals surface area contributed by atoms with Gasteiger partial charge in [-0.15, -0.1) is 0 Å². The number of hydrogen-bond donors (Lipinski definition) is 1. The van der Waals surface area contributed by atoms with Gasteiger partial charge < -0.3 is 15.2 Å². The highest BCUT2D eigenvalue weighted by atomic mass is 79.9. The standard InChI is InChI=1S/C10H10BrNO3/c11-7-1-2-9-6(4-14-5-15-9)10(7)8(13)3-12/h1-2H,3-5,12H2. The molecule has 2 N–H and O–H groups in total. The first kappa shape index (κ1) is 10.6. The van der Waals surface area contributed by atoms with E-state index in [0.717, 1.165) is 10.0 Å². The van der Waals surface area contributed by atoms with Crippen LogP contribution in [0.3, 0.4) is 0 Å². The van der Waals surface area contributed by atoms with E-state index < -0.39 is 0 Å². The number of ketones is 1. The monoisotopic (exact) mass is 271 g/mol. The third-order valence-electron chi connectivity index (χ3n) is 2.23. The molecule has 1 aromatic carbocycles. The van der Waals surface area contributed by atoms with E-state index >= 15 is 0 Å². The molecule has 15 heavy (non-hydrogen) atoms. The van der Waals surface area contributed by atoms with E-state index in [9.17, 15) is 4.79 Å². The SMILES string of the molecule is NCC(=O)c1c(Br)ccc2c1COCO2. The van der Waals surface area contributed by atoms with Crippen LogP contribution < -0.4 is 10.5 Å². The van der Waals surface area contributed by atoms with Crippen molar-refractivity contribution in [2.45, 2.75) is 6.61 Å². The van der Waals surface area contributed by atoms with E-state index in [2.05, 4.69) is 15.9 Å². The molecule has 0 bridgehead atoms. The molecule has 0 saturated heterocycles. The van der Waals surface area contributed by atoms with Crippen LogP contribution in [-0.4, -0.2) is 19.1 Å². The molecule has 0 spiro atoms. The Morgan fingerprint density at radius 3 is 3.07 bits per heavy atom. The maximum Gasteiger partial charge on any atom is 0.189 e. The molecule has 0 aromatic heterocycles. The fourth-order valence-corrected chi connectivity index (χ4v) is 2.12. The lowest BCUT2D eigenvalue weighted by Crippen LogP contribution is -2.20. The fourth-order valence-electron chi connectivity index (χ4n) is 1.53. The Bertz CT molecular complexity index is 406. The molecule has 0 amide bonds. The van der Waals surface area contributed by atoms with Crippen molar-refractivity contribution in [1.82, 2.24) is 0 Å². The molecule has 2 rings (SSSR count). The molecule has 1 heterocycles. The van der Waals surface area contributed by atoms with Crippen LogP contribution in [0.25, 0.3) is 0 Å². The first-order valence-corrected chi connectivity index (χ1v) is 5.28. The highest BCUT2D eigenvalue weighted by Gasteiger charge is 2.21. The first-order chi connectivity index (χ1) is 7.24. The van der Waals surface area contributed by atoms with Crippen LogP contribution in [-0.2, 0) is 11.3 Å². The van der Waals surface area contributed by atoms with Crippen LogP contribution in [0.1, 0.15) is 15.9 Å². The van der Waals surface area contributed by atoms with Gasteiger partial charge in [-0.05, 0) is 12.1 Å². The van der Waals surface area contributed by atoms with Gasteiger partial charge in [-0.25, -0.2) is 0 Å². The second-order valence-corrected chi connectivity index (χ2v) is 3.99. The molecule has 0 saturated carbocycles. The van der Waals surface area contributed by atoms with Gasteiger partial charge in [-0.2, -0.15) is 0 Å². The zero-order valence-electron chi connectivity index (χ0n) is 7.96. The average Bonchev–Trinajstić information content (AvgIpc) is 2.28. The Labute approximate surface area is 95.5 Å². The van der Waals surface area contributed by atoms with Gasteiger partial charge in [-0.1, -0.05) is 15.9 Å². The van der Waals surface area contributed by atoms with E-state index in [1.54, 1.807) is 6.07 Å². The van der Waals surface area contributed by atoms with Crippen molar-refractivity contribution in [2.24, 2.45) is 5.73 Å². The lowest BCUT2D eigenvalue weighted by molar-refractivity contribution is -0.0167. The Morgan fingerprint density at radius 1 is 1.53 bits per heavy atom. The number of nitrogens with two attached hydrogens (primary N) is 1. The van der Waals surface area contributed by atoms with Crippen LogP contribution >= 0.6 is 15.9 Å². The maximum absolute atomic E-state index is 11.6. The molecular formula is C10H10BrNO3. The van der Waals surface area contributed by atoms with Crippen molar-refractivity contribution in [1.29, 1.82) is 0 Å². The van der Waals surface area contributed by atoms with Gasteiger partial charge in [0, 0.05) is 15.6 Å². The summed E-state index contributed by atoms with van der Waals surface area (Å²) in [6.45, 7) is 0.593. The summed E-state index contributed by atoms with van der Waals surface area (Å²) in [6.07, 6.45) is 0. The maximum atomic E-state index is 11.6. The highest BCUT2D eigenvalue weighted by Crippen LogP contribution is 2.32. The Kier molecular flexibility index (Phi) is 3.04. The number of halogens is 1. The summed E-state index contributed by atoms with van der Waals surface area (Å²) in [6, 6.07) is 3.60. The first-order valence-electron chi connectivity index (χ1n) is 4.49. The minimum Gasteiger partial charge on any atom is -0.467 e. The number of Topliss-reactive ketones (excluding diaryl/α,β-unsaturated/α-hetero) is 1. The molecule has 1 aliphatic heterocycles. The summed E-state index contributed by atoms with van der Waals surface area (Å²) in [5, 5.41) is 0. The van der Waals surface area contributed by atoms with Crippen molar-refractivity contribution >= 4 is 21.7 Å². The van der Waals surface area contributed by atoms with Crippen molar-refractivity contribution in [3.05, 3.63) is 27.7 Å². The van der Waals surface area contributed by atoms with Gasteiger partial charge >= 0.3 is 0 Å². The van der Waals surface area contributed by atoms with Gasteiger partial charge in [0.15, 0.2) is 12.6 Å². The van der Waals surface area contributed by atoms with Crippen LogP contribution in [0.4, 0.5) is 0 Å². The number of ether oxygens (including phenoxy) is 2. The van der Waals surface area contributed by atoms with Crippen molar-refractivity contribution in [3.8, 4) is 5.75 Å². The van der Waals surface area contributed by atoms with Gasteiger partial charge in [0.05, 0.1) is 13.2 Å². The summed E-state index contributed by atoms with van der Waals surface area (Å²) in [4.78, 5) is 11.6. The topological polar surface area (TPSA) is 61.6 Å². The number of fused-ring (bicyclic) bond motifs is 1. The van der Waals surface area contributed by atoms with Crippen molar-refractivity contribution in [3.63, 3.8) is 0 Å². The lowest BCUT2D eigenvalue weighted by Gasteiger charge is -2.20. The van der Waals surface area contributed by atoms with Crippen LogP contribution in [0.2, 0.25) is 0 Å². The molecule has 1 aromatic rings. The normalized spacial score (nSPS) is 14.3. The average molecular weight is 272 g/mol. The predicted molar refractivity (Wildman–Crippen MR) is 57.8 cm³/mol. The van der Waals surface area contributed by atoms with E-state index in [4.69, 9.17) is 15.2 Å². The fraction of sp³-hybridized carbons (Fsp3) is 0.300. The van der Waals surface area contributed by atoms with E-state index in [1.165, 1.54) is 0 Å². The lowest BCUT2D eigenvalue weighted by atomic mass is 10.0. The van der Waals surface area contributed by atoms with E-state index in [1.807, 2.05) is 6.07 Å². The van der Waals surface area contributed by atoms with Crippen molar-refractivity contribution in [2.75, 3.05) is 13.3 Å². The van der Waals surface area contributed by atoms with Gasteiger partial charge in [-0.3, -0.25) is 4.79 Å². The molecule has 0 unspecified atom stereocenters. The number of rotatable bonds is 2.